The van der Waals surface area contributed by atoms with Gasteiger partial charge in [0, 0.05) is 10.9 Å². The summed E-state index contributed by atoms with van der Waals surface area (Å²) in [5.41, 5.74) is 0.599. The van der Waals surface area contributed by atoms with E-state index in [4.69, 9.17) is 0 Å². The standard InChI is InChI=1S/C14H20N4O2/c1-2-3-4-5-8-11-15-14-16-18(20)13-10-7-6-9-12(13)17(14)19/h6-7,9-10H,2-5,8,11H2,1H3,(H,15,16). The van der Waals surface area contributed by atoms with Crippen LogP contribution >= 0.6 is 0 Å². The molecule has 0 spiro atoms. The lowest BCUT2D eigenvalue weighted by atomic mass is 10.1. The molecule has 20 heavy (non-hydrogen) atoms. The van der Waals surface area contributed by atoms with Crippen LogP contribution in [0.5, 0.6) is 0 Å². The maximum atomic E-state index is 12.1. The summed E-state index contributed by atoms with van der Waals surface area (Å²) < 4.78 is 0.676. The number of unbranched alkanes of at least 4 members (excludes halogenated alkanes) is 4. The van der Waals surface area contributed by atoms with E-state index in [0.717, 1.165) is 12.8 Å². The van der Waals surface area contributed by atoms with Crippen molar-refractivity contribution in [2.45, 2.75) is 39.0 Å². The molecule has 0 unspecified atom stereocenters. The highest BCUT2D eigenvalue weighted by atomic mass is 16.5. The minimum Gasteiger partial charge on any atom is -0.739 e. The molecule has 0 amide bonds. The molecule has 0 aliphatic rings. The van der Waals surface area contributed by atoms with Crippen molar-refractivity contribution in [2.75, 3.05) is 11.9 Å². The van der Waals surface area contributed by atoms with Crippen LogP contribution in [0.2, 0.25) is 0 Å². The van der Waals surface area contributed by atoms with Gasteiger partial charge in [-0.1, -0.05) is 44.7 Å². The van der Waals surface area contributed by atoms with Gasteiger partial charge < -0.3 is 10.4 Å². The van der Waals surface area contributed by atoms with E-state index in [9.17, 15) is 10.4 Å². The predicted octanol–water partition coefficient (Wildman–Crippen LogP) is 1.88. The Morgan fingerprint density at radius 3 is 2.50 bits per heavy atom. The fraction of sp³-hybridized carbons (Fsp3) is 0.500. The first-order valence-electron chi connectivity index (χ1n) is 7.10. The van der Waals surface area contributed by atoms with E-state index in [2.05, 4.69) is 17.3 Å². The monoisotopic (exact) mass is 276 g/mol. The summed E-state index contributed by atoms with van der Waals surface area (Å²) in [6.07, 6.45) is 5.72. The molecule has 1 N–H and O–H groups in total. The summed E-state index contributed by atoms with van der Waals surface area (Å²) in [7, 11) is 0. The van der Waals surface area contributed by atoms with E-state index in [0.29, 0.717) is 21.6 Å². The number of hydrogen-bond acceptors (Lipinski definition) is 4. The van der Waals surface area contributed by atoms with E-state index in [-0.39, 0.29) is 11.5 Å². The first-order chi connectivity index (χ1) is 9.74. The fourth-order valence-electron chi connectivity index (χ4n) is 2.13. The molecule has 0 saturated heterocycles. The van der Waals surface area contributed by atoms with E-state index in [1.165, 1.54) is 19.3 Å². The van der Waals surface area contributed by atoms with Gasteiger partial charge in [-0.3, -0.25) is 5.32 Å². The normalized spacial score (nSPS) is 10.8. The van der Waals surface area contributed by atoms with Crippen molar-refractivity contribution in [3.05, 3.63) is 34.7 Å². The fourth-order valence-corrected chi connectivity index (χ4v) is 2.13. The van der Waals surface area contributed by atoms with Gasteiger partial charge in [0.2, 0.25) is 5.10 Å². The molecule has 108 valence electrons. The van der Waals surface area contributed by atoms with Crippen molar-refractivity contribution in [2.24, 2.45) is 0 Å². The largest absolute Gasteiger partial charge is 0.739 e. The third-order valence-corrected chi connectivity index (χ3v) is 3.25. The summed E-state index contributed by atoms with van der Waals surface area (Å²) in [5, 5.41) is 30.5. The zero-order valence-electron chi connectivity index (χ0n) is 11.7. The molecule has 0 saturated carbocycles. The van der Waals surface area contributed by atoms with Crippen LogP contribution in [0, 0.1) is 10.4 Å². The molecule has 0 aliphatic heterocycles. The van der Waals surface area contributed by atoms with Crippen LogP contribution in [0.25, 0.3) is 11.0 Å². The molecule has 1 heterocycles. The van der Waals surface area contributed by atoms with E-state index >= 15 is 0 Å². The molecule has 2 aromatic rings. The van der Waals surface area contributed by atoms with Gasteiger partial charge in [-0.15, -0.1) is 0 Å². The quantitative estimate of drug-likeness (QED) is 0.476. The molecule has 0 atom stereocenters. The number of aromatic nitrogens is 3. The topological polar surface area (TPSA) is 78.8 Å². The van der Waals surface area contributed by atoms with Gasteiger partial charge >= 0.3 is 5.95 Å². The van der Waals surface area contributed by atoms with E-state index in [1.807, 2.05) is 0 Å². The van der Waals surface area contributed by atoms with Crippen molar-refractivity contribution >= 4 is 17.0 Å². The molecule has 0 aliphatic carbocycles. The Morgan fingerprint density at radius 1 is 1.05 bits per heavy atom. The van der Waals surface area contributed by atoms with Crippen molar-refractivity contribution in [1.29, 1.82) is 0 Å². The molecule has 1 aromatic heterocycles. The average Bonchev–Trinajstić information content (AvgIpc) is 2.47. The highest BCUT2D eigenvalue weighted by molar-refractivity contribution is 5.67. The van der Waals surface area contributed by atoms with Gasteiger partial charge in [0.05, 0.1) is 6.54 Å². The van der Waals surface area contributed by atoms with Crippen LogP contribution in [0.3, 0.4) is 0 Å². The SMILES string of the molecule is CCCCCCCNc1n[n+]([O-])c2ccccc2[n+]1[O-]. The Morgan fingerprint density at radius 2 is 1.75 bits per heavy atom. The third kappa shape index (κ3) is 3.26. The molecular weight excluding hydrogens is 256 g/mol. The summed E-state index contributed by atoms with van der Waals surface area (Å²) in [6, 6.07) is 6.63. The third-order valence-electron chi connectivity index (χ3n) is 3.25. The van der Waals surface area contributed by atoms with Gasteiger partial charge in [0.1, 0.15) is 0 Å². The van der Waals surface area contributed by atoms with Crippen molar-refractivity contribution in [3.8, 4) is 0 Å². The lowest BCUT2D eigenvalue weighted by Crippen LogP contribution is -2.44. The summed E-state index contributed by atoms with van der Waals surface area (Å²) >= 11 is 0. The van der Waals surface area contributed by atoms with E-state index < -0.39 is 0 Å². The molecule has 0 fully saturated rings. The van der Waals surface area contributed by atoms with Gasteiger partial charge in [0.25, 0.3) is 5.52 Å². The van der Waals surface area contributed by atoms with Crippen LogP contribution in [-0.4, -0.2) is 11.6 Å². The Kier molecular flexibility index (Phi) is 4.92. The van der Waals surface area contributed by atoms with Crippen LogP contribution in [-0.2, 0) is 0 Å². The predicted molar refractivity (Wildman–Crippen MR) is 76.9 cm³/mol. The van der Waals surface area contributed by atoms with E-state index in [1.54, 1.807) is 24.3 Å². The van der Waals surface area contributed by atoms with Gasteiger partial charge in [-0.05, 0) is 12.5 Å². The Hall–Kier alpha value is -2.11. The second-order valence-electron chi connectivity index (χ2n) is 4.82. The number of benzene rings is 1. The van der Waals surface area contributed by atoms with Crippen molar-refractivity contribution in [1.82, 2.24) is 5.10 Å². The number of para-hydroxylation sites is 2. The van der Waals surface area contributed by atoms with Crippen LogP contribution in [0.1, 0.15) is 39.0 Å². The minimum absolute atomic E-state index is 0.0641. The smallest absolute Gasteiger partial charge is 0.460 e. The number of hydrogen-bond donors (Lipinski definition) is 1. The highest BCUT2D eigenvalue weighted by Crippen LogP contribution is 2.06. The number of rotatable bonds is 7. The van der Waals surface area contributed by atoms with Crippen LogP contribution in [0.15, 0.2) is 24.3 Å². The Balaban J connectivity index is 2.02. The molecule has 6 nitrogen and oxygen atoms in total. The first-order valence-corrected chi connectivity index (χ1v) is 7.10. The molecule has 0 radical (unpaired) electrons. The number of fused-ring (bicyclic) bond motifs is 1. The maximum Gasteiger partial charge on any atom is 0.460 e. The highest BCUT2D eigenvalue weighted by Gasteiger charge is 2.18. The Labute approximate surface area is 118 Å². The van der Waals surface area contributed by atoms with Crippen molar-refractivity contribution in [3.63, 3.8) is 0 Å². The van der Waals surface area contributed by atoms with Gasteiger partial charge in [-0.25, -0.2) is 4.73 Å². The zero-order chi connectivity index (χ0) is 14.4. The molecule has 0 bridgehead atoms. The molecule has 2 rings (SSSR count). The molecule has 6 heteroatoms. The van der Waals surface area contributed by atoms with Crippen LogP contribution in [0.4, 0.5) is 5.95 Å². The number of anilines is 1. The lowest BCUT2D eigenvalue weighted by molar-refractivity contribution is -0.672. The summed E-state index contributed by atoms with van der Waals surface area (Å²) in [6.45, 7) is 2.82. The Bertz CT molecular complexity index is 574. The summed E-state index contributed by atoms with van der Waals surface area (Å²) in [4.78, 5) is 0.489. The van der Waals surface area contributed by atoms with Crippen LogP contribution < -0.4 is 14.9 Å². The zero-order valence-corrected chi connectivity index (χ0v) is 11.7. The summed E-state index contributed by atoms with van der Waals surface area (Å²) in [5.74, 6) is 0.0641. The average molecular weight is 276 g/mol. The minimum atomic E-state index is 0.0641. The number of nitrogens with one attached hydrogen (secondary N) is 1. The molecule has 1 aromatic carbocycles. The number of nitrogens with zero attached hydrogens (tertiary/aromatic N) is 3. The second-order valence-corrected chi connectivity index (χ2v) is 4.82. The second kappa shape index (κ2) is 6.88. The van der Waals surface area contributed by atoms with Gasteiger partial charge in [0.15, 0.2) is 5.52 Å². The first kappa shape index (κ1) is 14.3. The van der Waals surface area contributed by atoms with Crippen molar-refractivity contribution < 1.29 is 9.58 Å². The maximum absolute atomic E-state index is 12.1. The molecular formula is C14H20N4O2. The van der Waals surface area contributed by atoms with Gasteiger partial charge in [-0.2, -0.15) is 0 Å². The lowest BCUT2D eigenvalue weighted by Gasteiger charge is -2.09.